The van der Waals surface area contributed by atoms with E-state index in [1.54, 1.807) is 38.5 Å². The standard InChI is InChI=1S/C20H21ClN4O3S/c1-4-25-19(13-8-9-16(27-2)17(10-13)28-3)23-24-20(25)29-12-18(26)22-15-7-5-6-14(21)11-15/h5-11H,4,12H2,1-3H3,(H,22,26). The highest BCUT2D eigenvalue weighted by Gasteiger charge is 2.16. The van der Waals surface area contributed by atoms with Crippen LogP contribution in [0.2, 0.25) is 5.02 Å². The highest BCUT2D eigenvalue weighted by atomic mass is 35.5. The van der Waals surface area contributed by atoms with Gasteiger partial charge in [-0.05, 0) is 43.3 Å². The quantitative estimate of drug-likeness (QED) is 0.532. The summed E-state index contributed by atoms with van der Waals surface area (Å²) in [6, 6.07) is 12.6. The van der Waals surface area contributed by atoms with E-state index in [4.69, 9.17) is 21.1 Å². The molecule has 3 rings (SSSR count). The van der Waals surface area contributed by atoms with Crippen molar-refractivity contribution < 1.29 is 14.3 Å². The van der Waals surface area contributed by atoms with Crippen LogP contribution in [0.25, 0.3) is 11.4 Å². The lowest BCUT2D eigenvalue weighted by atomic mass is 10.2. The minimum absolute atomic E-state index is 0.143. The maximum absolute atomic E-state index is 12.3. The lowest BCUT2D eigenvalue weighted by molar-refractivity contribution is -0.113. The molecular weight excluding hydrogens is 412 g/mol. The van der Waals surface area contributed by atoms with Crippen LogP contribution in [0.5, 0.6) is 11.5 Å². The molecule has 1 amide bonds. The normalized spacial score (nSPS) is 10.6. The second kappa shape index (κ2) is 9.67. The Kier molecular flexibility index (Phi) is 7.00. The summed E-state index contributed by atoms with van der Waals surface area (Å²) in [5.41, 5.74) is 1.51. The van der Waals surface area contributed by atoms with Gasteiger partial charge in [-0.2, -0.15) is 0 Å². The minimum Gasteiger partial charge on any atom is -0.493 e. The Balaban J connectivity index is 1.73. The van der Waals surface area contributed by atoms with E-state index in [0.717, 1.165) is 5.56 Å². The summed E-state index contributed by atoms with van der Waals surface area (Å²) in [4.78, 5) is 12.3. The van der Waals surface area contributed by atoms with Crippen molar-refractivity contribution in [1.82, 2.24) is 14.8 Å². The third-order valence-electron chi connectivity index (χ3n) is 4.12. The fraction of sp³-hybridized carbons (Fsp3) is 0.250. The monoisotopic (exact) mass is 432 g/mol. The topological polar surface area (TPSA) is 78.3 Å². The highest BCUT2D eigenvalue weighted by molar-refractivity contribution is 7.99. The number of benzene rings is 2. The number of methoxy groups -OCH3 is 2. The van der Waals surface area contributed by atoms with Crippen LogP contribution in [0.3, 0.4) is 0 Å². The molecule has 0 unspecified atom stereocenters. The molecule has 0 saturated carbocycles. The molecule has 29 heavy (non-hydrogen) atoms. The van der Waals surface area contributed by atoms with Crippen LogP contribution >= 0.6 is 23.4 Å². The van der Waals surface area contributed by atoms with Gasteiger partial charge in [0.15, 0.2) is 22.5 Å². The molecule has 0 saturated heterocycles. The van der Waals surface area contributed by atoms with E-state index in [0.29, 0.717) is 39.7 Å². The number of anilines is 1. The van der Waals surface area contributed by atoms with Crippen molar-refractivity contribution in [3.05, 3.63) is 47.5 Å². The van der Waals surface area contributed by atoms with Gasteiger partial charge >= 0.3 is 0 Å². The zero-order chi connectivity index (χ0) is 20.8. The number of aromatic nitrogens is 3. The Hall–Kier alpha value is -2.71. The number of nitrogens with one attached hydrogen (secondary N) is 1. The molecular formula is C20H21ClN4O3S. The zero-order valence-corrected chi connectivity index (χ0v) is 17.9. The van der Waals surface area contributed by atoms with Crippen molar-refractivity contribution in [3.8, 4) is 22.9 Å². The molecule has 1 aromatic heterocycles. The first-order valence-electron chi connectivity index (χ1n) is 8.89. The van der Waals surface area contributed by atoms with Gasteiger partial charge in [-0.25, -0.2) is 0 Å². The predicted octanol–water partition coefficient (Wildman–Crippen LogP) is 4.37. The van der Waals surface area contributed by atoms with Crippen LogP contribution in [0, 0.1) is 0 Å². The van der Waals surface area contributed by atoms with Crippen molar-refractivity contribution in [2.45, 2.75) is 18.6 Å². The first-order chi connectivity index (χ1) is 14.0. The van der Waals surface area contributed by atoms with E-state index in [-0.39, 0.29) is 11.7 Å². The molecule has 3 aromatic rings. The molecule has 7 nitrogen and oxygen atoms in total. The van der Waals surface area contributed by atoms with Crippen LogP contribution < -0.4 is 14.8 Å². The van der Waals surface area contributed by atoms with E-state index in [1.165, 1.54) is 11.8 Å². The molecule has 9 heteroatoms. The summed E-state index contributed by atoms with van der Waals surface area (Å²) in [5.74, 6) is 2.02. The van der Waals surface area contributed by atoms with Crippen molar-refractivity contribution in [2.24, 2.45) is 0 Å². The van der Waals surface area contributed by atoms with E-state index in [9.17, 15) is 4.79 Å². The van der Waals surface area contributed by atoms with Gasteiger partial charge in [-0.15, -0.1) is 10.2 Å². The summed E-state index contributed by atoms with van der Waals surface area (Å²) in [5, 5.41) is 12.6. The maximum Gasteiger partial charge on any atom is 0.234 e. The number of halogens is 1. The number of hydrogen-bond donors (Lipinski definition) is 1. The first-order valence-corrected chi connectivity index (χ1v) is 10.3. The summed E-state index contributed by atoms with van der Waals surface area (Å²) >= 11 is 7.27. The van der Waals surface area contributed by atoms with E-state index >= 15 is 0 Å². The lowest BCUT2D eigenvalue weighted by Crippen LogP contribution is -2.14. The SMILES string of the molecule is CCn1c(SCC(=O)Nc2cccc(Cl)c2)nnc1-c1ccc(OC)c(OC)c1. The van der Waals surface area contributed by atoms with Crippen molar-refractivity contribution in [2.75, 3.05) is 25.3 Å². The Labute approximate surface area is 178 Å². The van der Waals surface area contributed by atoms with Gasteiger partial charge in [-0.1, -0.05) is 29.4 Å². The summed E-state index contributed by atoms with van der Waals surface area (Å²) in [7, 11) is 3.18. The number of carbonyl (C=O) groups is 1. The molecule has 0 radical (unpaired) electrons. The number of nitrogens with zero attached hydrogens (tertiary/aromatic N) is 3. The average Bonchev–Trinajstić information content (AvgIpc) is 3.14. The molecule has 0 aliphatic carbocycles. The van der Waals surface area contributed by atoms with Gasteiger partial charge < -0.3 is 19.4 Å². The Morgan fingerprint density at radius 3 is 2.62 bits per heavy atom. The zero-order valence-electron chi connectivity index (χ0n) is 16.3. The number of ether oxygens (including phenoxy) is 2. The van der Waals surface area contributed by atoms with Crippen molar-refractivity contribution >= 4 is 35.0 Å². The van der Waals surface area contributed by atoms with Crippen LogP contribution in [-0.2, 0) is 11.3 Å². The summed E-state index contributed by atoms with van der Waals surface area (Å²) < 4.78 is 12.6. The third-order valence-corrected chi connectivity index (χ3v) is 5.32. The van der Waals surface area contributed by atoms with E-state index < -0.39 is 0 Å². The van der Waals surface area contributed by atoms with Gasteiger partial charge in [-0.3, -0.25) is 4.79 Å². The fourth-order valence-corrected chi connectivity index (χ4v) is 3.76. The molecule has 0 aliphatic heterocycles. The van der Waals surface area contributed by atoms with Crippen LogP contribution in [0.1, 0.15) is 6.92 Å². The van der Waals surface area contributed by atoms with Gasteiger partial charge in [0.05, 0.1) is 20.0 Å². The molecule has 2 aromatic carbocycles. The molecule has 0 fully saturated rings. The number of amides is 1. The highest BCUT2D eigenvalue weighted by Crippen LogP contribution is 2.32. The Morgan fingerprint density at radius 1 is 1.14 bits per heavy atom. The predicted molar refractivity (Wildman–Crippen MR) is 115 cm³/mol. The van der Waals surface area contributed by atoms with Crippen molar-refractivity contribution in [1.29, 1.82) is 0 Å². The van der Waals surface area contributed by atoms with Gasteiger partial charge in [0.1, 0.15) is 0 Å². The molecule has 1 N–H and O–H groups in total. The number of hydrogen-bond acceptors (Lipinski definition) is 6. The molecule has 0 atom stereocenters. The third kappa shape index (κ3) is 5.02. The maximum atomic E-state index is 12.3. The Morgan fingerprint density at radius 2 is 1.93 bits per heavy atom. The lowest BCUT2D eigenvalue weighted by Gasteiger charge is -2.11. The van der Waals surface area contributed by atoms with Gasteiger partial charge in [0, 0.05) is 22.8 Å². The molecule has 1 heterocycles. The smallest absolute Gasteiger partial charge is 0.234 e. The van der Waals surface area contributed by atoms with Crippen LogP contribution in [0.15, 0.2) is 47.6 Å². The van der Waals surface area contributed by atoms with Crippen LogP contribution in [0.4, 0.5) is 5.69 Å². The Bertz CT molecular complexity index is 1010. The molecule has 0 spiro atoms. The summed E-state index contributed by atoms with van der Waals surface area (Å²) in [6.45, 7) is 2.67. The molecule has 0 aliphatic rings. The van der Waals surface area contributed by atoms with Crippen LogP contribution in [-0.4, -0.2) is 40.6 Å². The molecule has 0 bridgehead atoms. The minimum atomic E-state index is -0.143. The number of rotatable bonds is 8. The second-order valence-corrected chi connectivity index (χ2v) is 7.35. The summed E-state index contributed by atoms with van der Waals surface area (Å²) in [6.07, 6.45) is 0. The average molecular weight is 433 g/mol. The second-order valence-electron chi connectivity index (χ2n) is 5.97. The molecule has 152 valence electrons. The van der Waals surface area contributed by atoms with Crippen molar-refractivity contribution in [3.63, 3.8) is 0 Å². The van der Waals surface area contributed by atoms with E-state index in [1.807, 2.05) is 29.7 Å². The van der Waals surface area contributed by atoms with Gasteiger partial charge in [0.2, 0.25) is 5.91 Å². The van der Waals surface area contributed by atoms with Gasteiger partial charge in [0.25, 0.3) is 0 Å². The first kappa shape index (κ1) is 21.0. The van der Waals surface area contributed by atoms with E-state index in [2.05, 4.69) is 15.5 Å². The number of carbonyl (C=O) groups excluding carboxylic acids is 1. The fourth-order valence-electron chi connectivity index (χ4n) is 2.76. The number of thioether (sulfide) groups is 1. The largest absolute Gasteiger partial charge is 0.493 e.